The fourth-order valence-corrected chi connectivity index (χ4v) is 2.49. The molecule has 0 aliphatic rings. The summed E-state index contributed by atoms with van der Waals surface area (Å²) in [4.78, 5) is 16.3. The minimum absolute atomic E-state index is 0.0468. The number of hydrogen-bond acceptors (Lipinski definition) is 4. The zero-order chi connectivity index (χ0) is 19.9. The van der Waals surface area contributed by atoms with Gasteiger partial charge < -0.3 is 9.67 Å². The Labute approximate surface area is 148 Å². The van der Waals surface area contributed by atoms with E-state index in [2.05, 4.69) is 10.3 Å². The smallest absolute Gasteiger partial charge is 0.380 e. The number of aromatic nitrogens is 2. The van der Waals surface area contributed by atoms with E-state index < -0.39 is 29.6 Å². The molecule has 1 aromatic heterocycles. The van der Waals surface area contributed by atoms with Gasteiger partial charge >= 0.3 is 6.18 Å². The minimum Gasteiger partial charge on any atom is -0.380 e. The van der Waals surface area contributed by atoms with Crippen molar-refractivity contribution in [3.8, 4) is 6.07 Å². The highest BCUT2D eigenvalue weighted by Crippen LogP contribution is 2.33. The normalized spacial score (nSPS) is 14.7. The monoisotopic (exact) mass is 368 g/mol. The molecule has 0 saturated carbocycles. The number of carbonyl (C=O) groups excluding carboxylic acids is 1. The molecule has 1 atom stereocenters. The van der Waals surface area contributed by atoms with Crippen LogP contribution in [0.15, 0.2) is 18.2 Å². The number of carbonyl (C=O) groups is 1. The molecule has 1 heterocycles. The number of fused-ring (bicyclic) bond motifs is 1. The minimum atomic E-state index is -4.93. The van der Waals surface area contributed by atoms with Gasteiger partial charge in [-0.1, -0.05) is 0 Å². The maximum Gasteiger partial charge on any atom is 0.417 e. The third-order valence-electron chi connectivity index (χ3n) is 3.82. The van der Waals surface area contributed by atoms with Crippen LogP contribution in [0.3, 0.4) is 0 Å². The number of amides is 1. The van der Waals surface area contributed by atoms with Crippen molar-refractivity contribution in [2.75, 3.05) is 5.32 Å². The van der Waals surface area contributed by atoms with E-state index in [0.29, 0.717) is 23.5 Å². The molecule has 26 heavy (non-hydrogen) atoms. The first kappa shape index (κ1) is 19.7. The van der Waals surface area contributed by atoms with Gasteiger partial charge in [0.2, 0.25) is 11.9 Å². The lowest BCUT2D eigenvalue weighted by Crippen LogP contribution is -2.45. The second-order valence-electron chi connectivity index (χ2n) is 7.25. The van der Waals surface area contributed by atoms with Crippen LogP contribution < -0.4 is 5.32 Å². The van der Waals surface area contributed by atoms with Crippen LogP contribution in [0.5, 0.6) is 0 Å². The van der Waals surface area contributed by atoms with E-state index in [1.807, 2.05) is 26.8 Å². The molecule has 0 saturated heterocycles. The number of rotatable bonds is 3. The predicted octanol–water partition coefficient (Wildman–Crippen LogP) is 3.30. The number of alkyl halides is 3. The number of halogens is 3. The standard InChI is InChI=1S/C17H19F3N4O2/c1-15(2,3)24-12-7-10(9-21)5-6-11(12)22-14(24)23-13(25)8-16(4,26)17(18,19)20/h5-7,26H,8H2,1-4H3,(H,22,23,25)/t16-/m1/s1. The molecule has 0 radical (unpaired) electrons. The van der Waals surface area contributed by atoms with E-state index in [0.717, 1.165) is 0 Å². The number of imidazole rings is 1. The highest BCUT2D eigenvalue weighted by Gasteiger charge is 2.51. The van der Waals surface area contributed by atoms with Crippen molar-refractivity contribution in [3.05, 3.63) is 23.8 Å². The Hall–Kier alpha value is -2.60. The van der Waals surface area contributed by atoms with Crippen LogP contribution >= 0.6 is 0 Å². The van der Waals surface area contributed by atoms with Gasteiger partial charge in [0.25, 0.3) is 0 Å². The average Bonchev–Trinajstić information content (AvgIpc) is 2.81. The molecule has 140 valence electrons. The first-order valence-corrected chi connectivity index (χ1v) is 7.78. The predicted molar refractivity (Wildman–Crippen MR) is 89.4 cm³/mol. The molecule has 0 spiro atoms. The van der Waals surface area contributed by atoms with Crippen LogP contribution in [0.25, 0.3) is 11.0 Å². The van der Waals surface area contributed by atoms with Gasteiger partial charge in [0, 0.05) is 5.54 Å². The summed E-state index contributed by atoms with van der Waals surface area (Å²) in [6.45, 7) is 6.02. The summed E-state index contributed by atoms with van der Waals surface area (Å²) in [6.07, 6.45) is -6.09. The molecule has 9 heteroatoms. The second-order valence-corrected chi connectivity index (χ2v) is 7.25. The van der Waals surface area contributed by atoms with Gasteiger partial charge in [0.15, 0.2) is 5.60 Å². The Morgan fingerprint density at radius 3 is 2.42 bits per heavy atom. The maximum absolute atomic E-state index is 12.8. The van der Waals surface area contributed by atoms with Crippen molar-refractivity contribution < 1.29 is 23.1 Å². The van der Waals surface area contributed by atoms with E-state index in [1.165, 1.54) is 0 Å². The van der Waals surface area contributed by atoms with Crippen molar-refractivity contribution >= 4 is 22.9 Å². The van der Waals surface area contributed by atoms with Gasteiger partial charge in [0.05, 0.1) is 29.1 Å². The van der Waals surface area contributed by atoms with Crippen molar-refractivity contribution in [2.45, 2.75) is 51.4 Å². The van der Waals surface area contributed by atoms with Gasteiger partial charge in [-0.15, -0.1) is 0 Å². The number of nitrogens with one attached hydrogen (secondary N) is 1. The molecule has 1 amide bonds. The van der Waals surface area contributed by atoms with Gasteiger partial charge in [-0.25, -0.2) is 4.98 Å². The summed E-state index contributed by atoms with van der Waals surface area (Å²) < 4.78 is 39.9. The molecule has 0 bridgehead atoms. The number of anilines is 1. The summed E-state index contributed by atoms with van der Waals surface area (Å²) in [5, 5.41) is 20.9. The van der Waals surface area contributed by atoms with Gasteiger partial charge in [-0.2, -0.15) is 18.4 Å². The Bertz CT molecular complexity index is 886. The molecule has 0 fully saturated rings. The molecular formula is C17H19F3N4O2. The number of aliphatic hydroxyl groups is 1. The third-order valence-corrected chi connectivity index (χ3v) is 3.82. The molecule has 2 rings (SSSR count). The Balaban J connectivity index is 2.44. The topological polar surface area (TPSA) is 90.9 Å². The molecule has 0 aliphatic heterocycles. The van der Waals surface area contributed by atoms with Gasteiger partial charge in [-0.05, 0) is 45.9 Å². The Morgan fingerprint density at radius 2 is 1.92 bits per heavy atom. The first-order chi connectivity index (χ1) is 11.8. The first-order valence-electron chi connectivity index (χ1n) is 7.78. The third kappa shape index (κ3) is 3.80. The fourth-order valence-electron chi connectivity index (χ4n) is 2.49. The van der Waals surface area contributed by atoms with Crippen LogP contribution in [0, 0.1) is 11.3 Å². The largest absolute Gasteiger partial charge is 0.417 e. The molecule has 0 aliphatic carbocycles. The summed E-state index contributed by atoms with van der Waals surface area (Å²) in [6, 6.07) is 6.75. The van der Waals surface area contributed by atoms with Crippen LogP contribution in [-0.2, 0) is 10.3 Å². The van der Waals surface area contributed by atoms with Crippen LogP contribution in [0.4, 0.5) is 19.1 Å². The number of nitriles is 1. The van der Waals surface area contributed by atoms with Crippen molar-refractivity contribution in [3.63, 3.8) is 0 Å². The summed E-state index contributed by atoms with van der Waals surface area (Å²) >= 11 is 0. The molecule has 1 aromatic carbocycles. The number of hydrogen-bond donors (Lipinski definition) is 2. The molecule has 0 unspecified atom stereocenters. The zero-order valence-electron chi connectivity index (χ0n) is 14.8. The van der Waals surface area contributed by atoms with Crippen LogP contribution in [-0.4, -0.2) is 32.3 Å². The Morgan fingerprint density at radius 1 is 1.31 bits per heavy atom. The number of nitrogens with zero attached hydrogens (tertiary/aromatic N) is 3. The SMILES string of the molecule is CC(C)(C)n1c(NC(=O)C[C@@](C)(O)C(F)(F)F)nc2ccc(C#N)cc21. The summed E-state index contributed by atoms with van der Waals surface area (Å²) in [5.74, 6) is -0.973. The zero-order valence-corrected chi connectivity index (χ0v) is 14.8. The number of benzene rings is 1. The quantitative estimate of drug-likeness (QED) is 0.870. The maximum atomic E-state index is 12.8. The lowest BCUT2D eigenvalue weighted by Gasteiger charge is -2.27. The second kappa shape index (κ2) is 6.29. The molecule has 6 nitrogen and oxygen atoms in total. The van der Waals surface area contributed by atoms with E-state index in [9.17, 15) is 23.1 Å². The molecule has 2 N–H and O–H groups in total. The van der Waals surface area contributed by atoms with E-state index in [-0.39, 0.29) is 5.95 Å². The van der Waals surface area contributed by atoms with Crippen LogP contribution in [0.2, 0.25) is 0 Å². The van der Waals surface area contributed by atoms with E-state index >= 15 is 0 Å². The van der Waals surface area contributed by atoms with E-state index in [1.54, 1.807) is 22.8 Å². The highest BCUT2D eigenvalue weighted by atomic mass is 19.4. The van der Waals surface area contributed by atoms with Crippen molar-refractivity contribution in [1.29, 1.82) is 5.26 Å². The molecule has 2 aromatic rings. The van der Waals surface area contributed by atoms with Crippen LogP contribution in [0.1, 0.15) is 39.7 Å². The lowest BCUT2D eigenvalue weighted by atomic mass is 10.0. The van der Waals surface area contributed by atoms with Crippen molar-refractivity contribution in [2.24, 2.45) is 0 Å². The van der Waals surface area contributed by atoms with Gasteiger partial charge in [-0.3, -0.25) is 10.1 Å². The molecular weight excluding hydrogens is 349 g/mol. The summed E-state index contributed by atoms with van der Waals surface area (Å²) in [7, 11) is 0. The Kier molecular flexibility index (Phi) is 4.77. The average molecular weight is 368 g/mol. The highest BCUT2D eigenvalue weighted by molar-refractivity contribution is 5.92. The fraction of sp³-hybridized carbons (Fsp3) is 0.471. The summed E-state index contributed by atoms with van der Waals surface area (Å²) in [5.41, 5.74) is -2.28. The van der Waals surface area contributed by atoms with Gasteiger partial charge in [0.1, 0.15) is 0 Å². The van der Waals surface area contributed by atoms with Crippen molar-refractivity contribution in [1.82, 2.24) is 9.55 Å². The lowest BCUT2D eigenvalue weighted by molar-refractivity contribution is -0.253. The van der Waals surface area contributed by atoms with E-state index in [4.69, 9.17) is 5.26 Å².